The molecule has 0 saturated heterocycles. The van der Waals surface area contributed by atoms with E-state index in [-0.39, 0.29) is 12.4 Å². The van der Waals surface area contributed by atoms with Gasteiger partial charge in [0.2, 0.25) is 0 Å². The molecule has 0 aromatic heterocycles. The number of aliphatic hydroxyl groups excluding tert-OH is 1. The third-order valence-corrected chi connectivity index (χ3v) is 3.04. The van der Waals surface area contributed by atoms with Crippen LogP contribution in [0.15, 0.2) is 36.4 Å². The topological polar surface area (TPSA) is 38.7 Å². The molecular formula is C16H17FO3. The molecule has 0 heterocycles. The molecule has 1 N–H and O–H groups in total. The van der Waals surface area contributed by atoms with E-state index in [0.717, 1.165) is 12.0 Å². The fraction of sp³-hybridized carbons (Fsp3) is 0.250. The number of methoxy groups -OCH3 is 1. The molecule has 3 nitrogen and oxygen atoms in total. The summed E-state index contributed by atoms with van der Waals surface area (Å²) >= 11 is 0. The van der Waals surface area contributed by atoms with E-state index in [2.05, 4.69) is 0 Å². The van der Waals surface area contributed by atoms with Gasteiger partial charge in [0, 0.05) is 0 Å². The summed E-state index contributed by atoms with van der Waals surface area (Å²) in [5.41, 5.74) is 1.62. The summed E-state index contributed by atoms with van der Waals surface area (Å²) in [7, 11) is 1.55. The average Bonchev–Trinajstić information content (AvgIpc) is 2.49. The Morgan fingerprint density at radius 3 is 2.30 bits per heavy atom. The van der Waals surface area contributed by atoms with Crippen LogP contribution in [0.2, 0.25) is 0 Å². The number of aliphatic hydroxyl groups is 1. The highest BCUT2D eigenvalue weighted by atomic mass is 19.1. The van der Waals surface area contributed by atoms with Crippen LogP contribution in [0.25, 0.3) is 0 Å². The zero-order valence-electron chi connectivity index (χ0n) is 11.5. The standard InChI is InChI=1S/C16H17FO3/c1-3-11-4-7-15(16(9-11)19-2)20-14-6-5-12(10-18)8-13(14)17/h4-9,18H,3,10H2,1-2H3. The molecule has 0 bridgehead atoms. The highest BCUT2D eigenvalue weighted by molar-refractivity contribution is 5.46. The van der Waals surface area contributed by atoms with Gasteiger partial charge in [-0.1, -0.05) is 19.1 Å². The Labute approximate surface area is 117 Å². The molecule has 0 atom stereocenters. The van der Waals surface area contributed by atoms with Crippen LogP contribution in [-0.4, -0.2) is 12.2 Å². The van der Waals surface area contributed by atoms with Gasteiger partial charge in [0.1, 0.15) is 0 Å². The van der Waals surface area contributed by atoms with Gasteiger partial charge in [-0.15, -0.1) is 0 Å². The third kappa shape index (κ3) is 3.08. The molecule has 4 heteroatoms. The van der Waals surface area contributed by atoms with E-state index in [4.69, 9.17) is 14.6 Å². The van der Waals surface area contributed by atoms with Crippen molar-refractivity contribution in [3.05, 3.63) is 53.3 Å². The van der Waals surface area contributed by atoms with E-state index in [1.165, 1.54) is 12.1 Å². The molecule has 0 aliphatic carbocycles. The number of hydrogen-bond donors (Lipinski definition) is 1. The van der Waals surface area contributed by atoms with Crippen LogP contribution in [0, 0.1) is 5.82 Å². The van der Waals surface area contributed by atoms with E-state index in [9.17, 15) is 4.39 Å². The molecule has 0 saturated carbocycles. The van der Waals surface area contributed by atoms with E-state index in [1.807, 2.05) is 19.1 Å². The molecule has 2 aromatic carbocycles. The van der Waals surface area contributed by atoms with Crippen molar-refractivity contribution in [2.24, 2.45) is 0 Å². The third-order valence-electron chi connectivity index (χ3n) is 3.04. The predicted molar refractivity (Wildman–Crippen MR) is 74.8 cm³/mol. The molecular weight excluding hydrogens is 259 g/mol. The Hall–Kier alpha value is -2.07. The van der Waals surface area contributed by atoms with Crippen LogP contribution in [0.3, 0.4) is 0 Å². The number of halogens is 1. The monoisotopic (exact) mass is 276 g/mol. The van der Waals surface area contributed by atoms with Crippen molar-refractivity contribution in [2.45, 2.75) is 20.0 Å². The van der Waals surface area contributed by atoms with Crippen LogP contribution in [0.5, 0.6) is 17.2 Å². The summed E-state index contributed by atoms with van der Waals surface area (Å²) in [4.78, 5) is 0. The first kappa shape index (κ1) is 14.3. The quantitative estimate of drug-likeness (QED) is 0.905. The molecule has 106 valence electrons. The molecule has 0 fully saturated rings. The van der Waals surface area contributed by atoms with E-state index >= 15 is 0 Å². The molecule has 0 aliphatic heterocycles. The van der Waals surface area contributed by atoms with Crippen LogP contribution >= 0.6 is 0 Å². The van der Waals surface area contributed by atoms with Crippen LogP contribution in [0.1, 0.15) is 18.1 Å². The van der Waals surface area contributed by atoms with Gasteiger partial charge >= 0.3 is 0 Å². The molecule has 20 heavy (non-hydrogen) atoms. The minimum Gasteiger partial charge on any atom is -0.493 e. The lowest BCUT2D eigenvalue weighted by Gasteiger charge is -2.12. The van der Waals surface area contributed by atoms with Crippen molar-refractivity contribution in [1.29, 1.82) is 0 Å². The van der Waals surface area contributed by atoms with Gasteiger partial charge in [0.05, 0.1) is 13.7 Å². The number of hydrogen-bond acceptors (Lipinski definition) is 3. The average molecular weight is 276 g/mol. The van der Waals surface area contributed by atoms with E-state index in [1.54, 1.807) is 19.2 Å². The fourth-order valence-corrected chi connectivity index (χ4v) is 1.86. The van der Waals surface area contributed by atoms with Crippen LogP contribution in [-0.2, 0) is 13.0 Å². The highest BCUT2D eigenvalue weighted by Crippen LogP contribution is 2.33. The smallest absolute Gasteiger partial charge is 0.169 e. The summed E-state index contributed by atoms with van der Waals surface area (Å²) in [6, 6.07) is 9.91. The first-order valence-electron chi connectivity index (χ1n) is 6.42. The molecule has 0 spiro atoms. The first-order chi connectivity index (χ1) is 9.67. The van der Waals surface area contributed by atoms with Crippen molar-refractivity contribution >= 4 is 0 Å². The normalized spacial score (nSPS) is 10.4. The second-order valence-corrected chi connectivity index (χ2v) is 4.36. The van der Waals surface area contributed by atoms with E-state index in [0.29, 0.717) is 17.1 Å². The van der Waals surface area contributed by atoms with Gasteiger partial charge in [0.25, 0.3) is 0 Å². The zero-order valence-corrected chi connectivity index (χ0v) is 11.5. The van der Waals surface area contributed by atoms with Crippen molar-refractivity contribution < 1.29 is 19.0 Å². The Balaban J connectivity index is 2.29. The van der Waals surface area contributed by atoms with Gasteiger partial charge in [-0.05, 0) is 41.8 Å². The zero-order chi connectivity index (χ0) is 14.5. The lowest BCUT2D eigenvalue weighted by Crippen LogP contribution is -1.95. The number of aryl methyl sites for hydroxylation is 1. The highest BCUT2D eigenvalue weighted by Gasteiger charge is 2.10. The Bertz CT molecular complexity index is 596. The number of ether oxygens (including phenoxy) is 2. The predicted octanol–water partition coefficient (Wildman–Crippen LogP) is 3.68. The molecule has 0 amide bonds. The minimum atomic E-state index is -0.516. The summed E-state index contributed by atoms with van der Waals surface area (Å²) in [6.45, 7) is 1.84. The summed E-state index contributed by atoms with van der Waals surface area (Å²) in [5.74, 6) is 0.609. The van der Waals surface area contributed by atoms with Crippen molar-refractivity contribution in [2.75, 3.05) is 7.11 Å². The van der Waals surface area contributed by atoms with E-state index < -0.39 is 5.82 Å². The second kappa shape index (κ2) is 6.39. The minimum absolute atomic E-state index is 0.102. The maximum Gasteiger partial charge on any atom is 0.169 e. The molecule has 0 aliphatic rings. The van der Waals surface area contributed by atoms with Crippen molar-refractivity contribution in [3.63, 3.8) is 0 Å². The number of benzene rings is 2. The van der Waals surface area contributed by atoms with Gasteiger partial charge in [-0.25, -0.2) is 4.39 Å². The number of rotatable bonds is 5. The maximum absolute atomic E-state index is 13.8. The van der Waals surface area contributed by atoms with Crippen LogP contribution < -0.4 is 9.47 Å². The lowest BCUT2D eigenvalue weighted by atomic mass is 10.1. The molecule has 2 aromatic rings. The Kier molecular flexibility index (Phi) is 4.58. The van der Waals surface area contributed by atoms with Crippen molar-refractivity contribution in [3.8, 4) is 17.2 Å². The SMILES string of the molecule is CCc1ccc(Oc2ccc(CO)cc2F)c(OC)c1. The molecule has 0 radical (unpaired) electrons. The van der Waals surface area contributed by atoms with Crippen molar-refractivity contribution in [1.82, 2.24) is 0 Å². The largest absolute Gasteiger partial charge is 0.493 e. The van der Waals surface area contributed by atoms with Gasteiger partial charge in [0.15, 0.2) is 23.1 Å². The first-order valence-corrected chi connectivity index (χ1v) is 6.42. The lowest BCUT2D eigenvalue weighted by molar-refractivity contribution is 0.281. The summed E-state index contributed by atoms with van der Waals surface area (Å²) in [6.07, 6.45) is 0.885. The van der Waals surface area contributed by atoms with Gasteiger partial charge in [-0.3, -0.25) is 0 Å². The molecule has 0 unspecified atom stereocenters. The second-order valence-electron chi connectivity index (χ2n) is 4.36. The van der Waals surface area contributed by atoms with Gasteiger partial charge in [-0.2, -0.15) is 0 Å². The fourth-order valence-electron chi connectivity index (χ4n) is 1.86. The molecule has 2 rings (SSSR count). The Morgan fingerprint density at radius 2 is 1.70 bits per heavy atom. The Morgan fingerprint density at radius 1 is 1.00 bits per heavy atom. The summed E-state index contributed by atoms with van der Waals surface area (Å²) < 4.78 is 24.6. The maximum atomic E-state index is 13.8. The van der Waals surface area contributed by atoms with Crippen LogP contribution in [0.4, 0.5) is 4.39 Å². The summed E-state index contributed by atoms with van der Waals surface area (Å²) in [5, 5.41) is 8.96. The van der Waals surface area contributed by atoms with Gasteiger partial charge < -0.3 is 14.6 Å².